The molecule has 3 heteroatoms. The molecule has 0 radical (unpaired) electrons. The molecule has 0 N–H and O–H groups in total. The van der Waals surface area contributed by atoms with Crippen molar-refractivity contribution in [1.29, 1.82) is 0 Å². The minimum absolute atomic E-state index is 0.144. The third-order valence-corrected chi connectivity index (χ3v) is 2.51. The van der Waals surface area contributed by atoms with Gasteiger partial charge in [0.15, 0.2) is 0 Å². The fraction of sp³-hybridized carbons (Fsp3) is 0.833. The Morgan fingerprint density at radius 2 is 2.44 bits per heavy atom. The van der Waals surface area contributed by atoms with Gasteiger partial charge in [0.1, 0.15) is 5.78 Å². The predicted molar refractivity (Wildman–Crippen MR) is 39.3 cm³/mol. The smallest absolute Gasteiger partial charge is 0.147 e. The summed E-state index contributed by atoms with van der Waals surface area (Å²) in [6.07, 6.45) is 2.15. The van der Waals surface area contributed by atoms with Crippen molar-refractivity contribution in [2.45, 2.75) is 25.8 Å². The van der Waals surface area contributed by atoms with Gasteiger partial charge in [-0.1, -0.05) is 0 Å². The van der Waals surface area contributed by atoms with Crippen molar-refractivity contribution in [3.8, 4) is 0 Å². The lowest BCUT2D eigenvalue weighted by molar-refractivity contribution is -0.119. The summed E-state index contributed by atoms with van der Waals surface area (Å²) in [5.41, 5.74) is 0. The number of hydrogen-bond acceptors (Lipinski definition) is 2. The molecule has 1 aliphatic rings. The monoisotopic (exact) mass is 191 g/mol. The van der Waals surface area contributed by atoms with Crippen molar-refractivity contribution in [1.82, 2.24) is 3.93 Å². The van der Waals surface area contributed by atoms with Crippen molar-refractivity contribution >= 4 is 21.9 Å². The van der Waals surface area contributed by atoms with E-state index in [9.17, 15) is 4.79 Å². The average molecular weight is 192 g/mol. The Morgan fingerprint density at radius 3 is 2.67 bits per heavy atom. The van der Waals surface area contributed by atoms with E-state index in [1.54, 1.807) is 6.92 Å². The van der Waals surface area contributed by atoms with Gasteiger partial charge >= 0.3 is 0 Å². The van der Waals surface area contributed by atoms with Crippen LogP contribution in [-0.4, -0.2) is 22.3 Å². The quantitative estimate of drug-likeness (QED) is 0.584. The highest BCUT2D eigenvalue weighted by Crippen LogP contribution is 2.20. The molecule has 1 atom stereocenters. The molecule has 0 spiro atoms. The Bertz CT molecular complexity index is 126. The molecule has 0 bridgehead atoms. The Labute approximate surface area is 63.6 Å². The van der Waals surface area contributed by atoms with Crippen molar-refractivity contribution in [2.75, 3.05) is 6.54 Å². The van der Waals surface area contributed by atoms with Gasteiger partial charge in [-0.25, -0.2) is 3.93 Å². The first kappa shape index (κ1) is 7.22. The van der Waals surface area contributed by atoms with Crippen LogP contribution in [0.2, 0.25) is 0 Å². The van der Waals surface area contributed by atoms with Gasteiger partial charge in [0, 0.05) is 22.7 Å². The SMILES string of the molecule is CC(=O)C1CCCN1Br. The highest BCUT2D eigenvalue weighted by molar-refractivity contribution is 9.07. The second-order valence-corrected chi connectivity index (χ2v) is 3.30. The van der Waals surface area contributed by atoms with Crippen molar-refractivity contribution < 1.29 is 4.79 Å². The number of carbonyl (C=O) groups is 1. The minimum atomic E-state index is 0.144. The van der Waals surface area contributed by atoms with Crippen LogP contribution in [0.25, 0.3) is 0 Å². The number of ketones is 1. The van der Waals surface area contributed by atoms with Crippen LogP contribution in [0.5, 0.6) is 0 Å². The molecule has 0 aromatic carbocycles. The standard InChI is InChI=1S/C6H10BrNO/c1-5(9)6-3-2-4-8(6)7/h6H,2-4H2,1H3. The Hall–Kier alpha value is 0.110. The first-order valence-corrected chi connectivity index (χ1v) is 3.85. The predicted octanol–water partition coefficient (Wildman–Crippen LogP) is 1.35. The number of nitrogens with zero attached hydrogens (tertiary/aromatic N) is 1. The highest BCUT2D eigenvalue weighted by atomic mass is 79.9. The summed E-state index contributed by atoms with van der Waals surface area (Å²) in [5, 5.41) is 0. The zero-order valence-electron chi connectivity index (χ0n) is 5.43. The molecule has 9 heavy (non-hydrogen) atoms. The van der Waals surface area contributed by atoms with E-state index in [0.717, 1.165) is 19.4 Å². The van der Waals surface area contributed by atoms with E-state index in [2.05, 4.69) is 16.1 Å². The van der Waals surface area contributed by atoms with Gasteiger partial charge in [-0.2, -0.15) is 0 Å². The minimum Gasteiger partial charge on any atom is -0.298 e. The molecular formula is C6H10BrNO. The number of carbonyl (C=O) groups excluding carboxylic acids is 1. The molecule has 2 nitrogen and oxygen atoms in total. The van der Waals surface area contributed by atoms with Crippen LogP contribution < -0.4 is 0 Å². The molecule has 0 aromatic heterocycles. The molecule has 0 aromatic rings. The average Bonchev–Trinajstić information content (AvgIpc) is 2.13. The molecule has 1 fully saturated rings. The van der Waals surface area contributed by atoms with E-state index in [0.29, 0.717) is 0 Å². The number of rotatable bonds is 1. The van der Waals surface area contributed by atoms with Crippen molar-refractivity contribution in [3.05, 3.63) is 0 Å². The maximum Gasteiger partial charge on any atom is 0.147 e. The summed E-state index contributed by atoms with van der Waals surface area (Å²) in [5.74, 6) is 0.268. The number of Topliss-reactive ketones (excluding diaryl/α,β-unsaturated/α-hetero) is 1. The topological polar surface area (TPSA) is 20.3 Å². The molecule has 0 aliphatic carbocycles. The lowest BCUT2D eigenvalue weighted by Gasteiger charge is -2.12. The Kier molecular flexibility index (Phi) is 2.24. The summed E-state index contributed by atoms with van der Waals surface area (Å²) < 4.78 is 1.94. The molecule has 1 heterocycles. The third kappa shape index (κ3) is 1.52. The molecule has 1 unspecified atom stereocenters. The first-order chi connectivity index (χ1) is 4.22. The lowest BCUT2D eigenvalue weighted by Crippen LogP contribution is -2.26. The van der Waals surface area contributed by atoms with Gasteiger partial charge in [-0.3, -0.25) is 4.79 Å². The van der Waals surface area contributed by atoms with Crippen LogP contribution in [-0.2, 0) is 4.79 Å². The molecule has 0 saturated carbocycles. The van der Waals surface area contributed by atoms with Crippen LogP contribution >= 0.6 is 16.1 Å². The fourth-order valence-electron chi connectivity index (χ4n) is 1.13. The van der Waals surface area contributed by atoms with Gasteiger partial charge in [0.25, 0.3) is 0 Å². The molecule has 1 aliphatic heterocycles. The molecule has 1 rings (SSSR count). The summed E-state index contributed by atoms with van der Waals surface area (Å²) in [7, 11) is 0. The maximum atomic E-state index is 10.8. The van der Waals surface area contributed by atoms with Crippen LogP contribution in [0.3, 0.4) is 0 Å². The first-order valence-electron chi connectivity index (χ1n) is 3.14. The zero-order chi connectivity index (χ0) is 6.85. The van der Waals surface area contributed by atoms with E-state index >= 15 is 0 Å². The normalized spacial score (nSPS) is 28.9. The van der Waals surface area contributed by atoms with Crippen LogP contribution in [0, 0.1) is 0 Å². The second-order valence-electron chi connectivity index (χ2n) is 2.39. The summed E-state index contributed by atoms with van der Waals surface area (Å²) >= 11 is 3.32. The number of hydrogen-bond donors (Lipinski definition) is 0. The summed E-state index contributed by atoms with van der Waals surface area (Å²) in [6.45, 7) is 2.65. The fourth-order valence-corrected chi connectivity index (χ4v) is 1.88. The molecular weight excluding hydrogens is 182 g/mol. The van der Waals surface area contributed by atoms with Crippen LogP contribution in [0.1, 0.15) is 19.8 Å². The van der Waals surface area contributed by atoms with E-state index in [1.807, 2.05) is 3.93 Å². The van der Waals surface area contributed by atoms with Gasteiger partial charge in [-0.05, 0) is 19.8 Å². The molecule has 1 saturated heterocycles. The van der Waals surface area contributed by atoms with Gasteiger partial charge in [0.2, 0.25) is 0 Å². The van der Waals surface area contributed by atoms with Gasteiger partial charge in [0.05, 0.1) is 6.04 Å². The second kappa shape index (κ2) is 2.80. The van der Waals surface area contributed by atoms with E-state index in [1.165, 1.54) is 0 Å². The summed E-state index contributed by atoms with van der Waals surface area (Å²) in [6, 6.07) is 0.144. The largest absolute Gasteiger partial charge is 0.298 e. The van der Waals surface area contributed by atoms with Gasteiger partial charge in [-0.15, -0.1) is 0 Å². The van der Waals surface area contributed by atoms with E-state index in [-0.39, 0.29) is 11.8 Å². The van der Waals surface area contributed by atoms with E-state index < -0.39 is 0 Å². The summed E-state index contributed by atoms with van der Waals surface area (Å²) in [4.78, 5) is 10.8. The number of halogens is 1. The van der Waals surface area contributed by atoms with E-state index in [4.69, 9.17) is 0 Å². The van der Waals surface area contributed by atoms with Crippen molar-refractivity contribution in [2.24, 2.45) is 0 Å². The van der Waals surface area contributed by atoms with Crippen LogP contribution in [0.4, 0.5) is 0 Å². The molecule has 0 amide bonds. The Balaban J connectivity index is 2.49. The molecule has 52 valence electrons. The van der Waals surface area contributed by atoms with Gasteiger partial charge < -0.3 is 0 Å². The maximum absolute atomic E-state index is 10.8. The van der Waals surface area contributed by atoms with Crippen LogP contribution in [0.15, 0.2) is 0 Å². The lowest BCUT2D eigenvalue weighted by atomic mass is 10.2. The third-order valence-electron chi connectivity index (χ3n) is 1.66. The van der Waals surface area contributed by atoms with Crippen molar-refractivity contribution in [3.63, 3.8) is 0 Å². The Morgan fingerprint density at radius 1 is 1.78 bits per heavy atom. The highest BCUT2D eigenvalue weighted by Gasteiger charge is 2.25. The zero-order valence-corrected chi connectivity index (χ0v) is 7.02.